The third kappa shape index (κ3) is 3.98. The number of para-hydroxylation sites is 1. The van der Waals surface area contributed by atoms with E-state index in [1.165, 1.54) is 0 Å². The molecular formula is C15H20N2O3. The molecule has 0 bridgehead atoms. The van der Waals surface area contributed by atoms with E-state index in [1.807, 2.05) is 0 Å². The van der Waals surface area contributed by atoms with E-state index in [1.54, 1.807) is 24.3 Å². The quantitative estimate of drug-likeness (QED) is 0.747. The van der Waals surface area contributed by atoms with Gasteiger partial charge in [0.25, 0.3) is 0 Å². The van der Waals surface area contributed by atoms with Gasteiger partial charge >= 0.3 is 12.0 Å². The molecule has 2 amide bonds. The molecule has 2 rings (SSSR count). The normalized spacial score (nSPS) is 20.2. The summed E-state index contributed by atoms with van der Waals surface area (Å²) in [6.45, 7) is 2.14. The molecule has 20 heavy (non-hydrogen) atoms. The number of nitrogens with one attached hydrogen (secondary N) is 2. The number of hydrogen-bond donors (Lipinski definition) is 3. The molecule has 2 unspecified atom stereocenters. The van der Waals surface area contributed by atoms with Crippen molar-refractivity contribution in [3.8, 4) is 0 Å². The highest BCUT2D eigenvalue weighted by molar-refractivity contribution is 5.91. The van der Waals surface area contributed by atoms with Crippen LogP contribution in [0.15, 0.2) is 24.3 Å². The van der Waals surface area contributed by atoms with E-state index < -0.39 is 5.97 Å². The van der Waals surface area contributed by atoms with Crippen molar-refractivity contribution >= 4 is 17.7 Å². The van der Waals surface area contributed by atoms with E-state index in [-0.39, 0.29) is 18.5 Å². The first-order chi connectivity index (χ1) is 9.60. The topological polar surface area (TPSA) is 78.4 Å². The van der Waals surface area contributed by atoms with Crippen LogP contribution in [0.3, 0.4) is 0 Å². The van der Waals surface area contributed by atoms with Crippen LogP contribution in [0.5, 0.6) is 0 Å². The van der Waals surface area contributed by atoms with Crippen molar-refractivity contribution < 1.29 is 14.7 Å². The molecule has 0 radical (unpaired) electrons. The summed E-state index contributed by atoms with van der Waals surface area (Å²) in [5, 5.41) is 14.5. The lowest BCUT2D eigenvalue weighted by atomic mass is 10.1. The first kappa shape index (κ1) is 14.4. The van der Waals surface area contributed by atoms with Crippen molar-refractivity contribution in [2.75, 3.05) is 5.32 Å². The van der Waals surface area contributed by atoms with Crippen molar-refractivity contribution in [3.63, 3.8) is 0 Å². The summed E-state index contributed by atoms with van der Waals surface area (Å²) in [5.74, 6) is -0.315. The molecular weight excluding hydrogens is 256 g/mol. The molecule has 3 N–H and O–H groups in total. The zero-order chi connectivity index (χ0) is 14.5. The molecule has 1 aromatic carbocycles. The maximum atomic E-state index is 11.9. The molecule has 1 saturated carbocycles. The van der Waals surface area contributed by atoms with Crippen LogP contribution in [0, 0.1) is 5.92 Å². The number of amides is 2. The first-order valence-corrected chi connectivity index (χ1v) is 6.97. The number of hydrogen-bond acceptors (Lipinski definition) is 2. The van der Waals surface area contributed by atoms with Crippen LogP contribution in [-0.4, -0.2) is 23.1 Å². The molecule has 2 atom stereocenters. The molecule has 0 aromatic heterocycles. The maximum absolute atomic E-state index is 11.9. The fraction of sp³-hybridized carbons (Fsp3) is 0.467. The Balaban J connectivity index is 1.90. The lowest BCUT2D eigenvalue weighted by Gasteiger charge is -2.10. The molecule has 1 fully saturated rings. The summed E-state index contributed by atoms with van der Waals surface area (Å²) in [7, 11) is 0. The SMILES string of the molecule is CCCC1CC1NC(=O)Nc1ccccc1CC(=O)O. The Morgan fingerprint density at radius 2 is 2.10 bits per heavy atom. The summed E-state index contributed by atoms with van der Waals surface area (Å²) in [5.41, 5.74) is 1.16. The van der Waals surface area contributed by atoms with E-state index in [9.17, 15) is 9.59 Å². The van der Waals surface area contributed by atoms with E-state index >= 15 is 0 Å². The molecule has 0 heterocycles. The number of rotatable bonds is 6. The van der Waals surface area contributed by atoms with Crippen molar-refractivity contribution in [3.05, 3.63) is 29.8 Å². The van der Waals surface area contributed by atoms with Gasteiger partial charge in [-0.1, -0.05) is 31.5 Å². The number of carboxylic acid groups (broad SMARTS) is 1. The van der Waals surface area contributed by atoms with Crippen LogP contribution in [0.1, 0.15) is 31.7 Å². The Morgan fingerprint density at radius 3 is 2.80 bits per heavy atom. The number of carboxylic acids is 1. The molecule has 5 heteroatoms. The van der Waals surface area contributed by atoms with E-state index in [2.05, 4.69) is 17.6 Å². The van der Waals surface area contributed by atoms with Gasteiger partial charge in [0.1, 0.15) is 0 Å². The Labute approximate surface area is 118 Å². The first-order valence-electron chi connectivity index (χ1n) is 6.97. The lowest BCUT2D eigenvalue weighted by molar-refractivity contribution is -0.136. The van der Waals surface area contributed by atoms with Gasteiger partial charge in [-0.25, -0.2) is 4.79 Å². The highest BCUT2D eigenvalue weighted by Crippen LogP contribution is 2.34. The number of carbonyl (C=O) groups excluding carboxylic acids is 1. The lowest BCUT2D eigenvalue weighted by Crippen LogP contribution is -2.31. The minimum absolute atomic E-state index is 0.0989. The van der Waals surface area contributed by atoms with Crippen LogP contribution in [0.2, 0.25) is 0 Å². The molecule has 1 aromatic rings. The Bertz CT molecular complexity index is 502. The van der Waals surface area contributed by atoms with Crippen LogP contribution < -0.4 is 10.6 Å². The number of anilines is 1. The third-order valence-corrected chi connectivity index (χ3v) is 3.51. The number of benzene rings is 1. The Kier molecular flexibility index (Phi) is 4.61. The van der Waals surface area contributed by atoms with Gasteiger partial charge in [-0.05, 0) is 30.4 Å². The van der Waals surface area contributed by atoms with E-state index in [0.29, 0.717) is 17.2 Å². The second kappa shape index (κ2) is 6.41. The monoisotopic (exact) mass is 276 g/mol. The Morgan fingerprint density at radius 1 is 1.35 bits per heavy atom. The molecule has 1 aliphatic rings. The maximum Gasteiger partial charge on any atom is 0.319 e. The van der Waals surface area contributed by atoms with Crippen molar-refractivity contribution in [1.82, 2.24) is 5.32 Å². The average Bonchev–Trinajstić information content (AvgIpc) is 3.09. The minimum atomic E-state index is -0.912. The van der Waals surface area contributed by atoms with Crippen LogP contribution >= 0.6 is 0 Å². The summed E-state index contributed by atoms with van der Waals surface area (Å²) < 4.78 is 0. The van der Waals surface area contributed by atoms with Gasteiger partial charge in [-0.3, -0.25) is 4.79 Å². The van der Waals surface area contributed by atoms with Crippen LogP contribution in [-0.2, 0) is 11.2 Å². The highest BCUT2D eigenvalue weighted by Gasteiger charge is 2.37. The fourth-order valence-corrected chi connectivity index (χ4v) is 2.40. The van der Waals surface area contributed by atoms with Crippen LogP contribution in [0.25, 0.3) is 0 Å². The summed E-state index contributed by atoms with van der Waals surface area (Å²) in [6, 6.07) is 6.97. The Hall–Kier alpha value is -2.04. The van der Waals surface area contributed by atoms with Gasteiger partial charge in [-0.15, -0.1) is 0 Å². The van der Waals surface area contributed by atoms with Gasteiger partial charge in [0.2, 0.25) is 0 Å². The van der Waals surface area contributed by atoms with Crippen molar-refractivity contribution in [2.45, 2.75) is 38.6 Å². The van der Waals surface area contributed by atoms with Crippen molar-refractivity contribution in [1.29, 1.82) is 0 Å². The van der Waals surface area contributed by atoms with Crippen molar-refractivity contribution in [2.24, 2.45) is 5.92 Å². The molecule has 5 nitrogen and oxygen atoms in total. The highest BCUT2D eigenvalue weighted by atomic mass is 16.4. The fourth-order valence-electron chi connectivity index (χ4n) is 2.40. The number of carbonyl (C=O) groups is 2. The third-order valence-electron chi connectivity index (χ3n) is 3.51. The molecule has 108 valence electrons. The second-order valence-corrected chi connectivity index (χ2v) is 5.22. The predicted molar refractivity (Wildman–Crippen MR) is 76.7 cm³/mol. The molecule has 0 saturated heterocycles. The summed E-state index contributed by atoms with van der Waals surface area (Å²) in [4.78, 5) is 22.7. The molecule has 0 spiro atoms. The van der Waals surface area contributed by atoms with Gasteiger partial charge < -0.3 is 15.7 Å². The van der Waals surface area contributed by atoms with Gasteiger partial charge in [-0.2, -0.15) is 0 Å². The second-order valence-electron chi connectivity index (χ2n) is 5.22. The minimum Gasteiger partial charge on any atom is -0.481 e. The molecule has 1 aliphatic carbocycles. The van der Waals surface area contributed by atoms with Gasteiger partial charge in [0.15, 0.2) is 0 Å². The van der Waals surface area contributed by atoms with Crippen LogP contribution in [0.4, 0.5) is 10.5 Å². The van der Waals surface area contributed by atoms with Gasteiger partial charge in [0, 0.05) is 11.7 Å². The number of aliphatic carboxylic acids is 1. The largest absolute Gasteiger partial charge is 0.481 e. The average molecular weight is 276 g/mol. The van der Waals surface area contributed by atoms with E-state index in [4.69, 9.17) is 5.11 Å². The summed E-state index contributed by atoms with van der Waals surface area (Å²) >= 11 is 0. The smallest absolute Gasteiger partial charge is 0.319 e. The zero-order valence-electron chi connectivity index (χ0n) is 11.6. The molecule has 0 aliphatic heterocycles. The van der Waals surface area contributed by atoms with Gasteiger partial charge in [0.05, 0.1) is 6.42 Å². The zero-order valence-corrected chi connectivity index (χ0v) is 11.6. The van der Waals surface area contributed by atoms with E-state index in [0.717, 1.165) is 19.3 Å². The number of urea groups is 1. The summed E-state index contributed by atoms with van der Waals surface area (Å²) in [6.07, 6.45) is 3.21. The standard InChI is InChI=1S/C15H20N2O3/c1-2-5-10-8-13(10)17-15(20)16-12-7-4-3-6-11(12)9-14(18)19/h3-4,6-7,10,13H,2,5,8-9H2,1H3,(H,18,19)(H2,16,17,20). The predicted octanol–water partition coefficient (Wildman–Crippen LogP) is 2.62.